The van der Waals surface area contributed by atoms with Gasteiger partial charge >= 0.3 is 5.69 Å². The number of nitrogens with one attached hydrogen (secondary N) is 1. The molecule has 10 heteroatoms. The predicted molar refractivity (Wildman–Crippen MR) is 137 cm³/mol. The van der Waals surface area contributed by atoms with Crippen LogP contribution in [0.2, 0.25) is 0 Å². The van der Waals surface area contributed by atoms with Gasteiger partial charge in [0.1, 0.15) is 0 Å². The van der Waals surface area contributed by atoms with Gasteiger partial charge < -0.3 is 9.88 Å². The van der Waals surface area contributed by atoms with Gasteiger partial charge in [-0.3, -0.25) is 13.9 Å². The van der Waals surface area contributed by atoms with Gasteiger partial charge in [0.15, 0.2) is 0 Å². The van der Waals surface area contributed by atoms with Gasteiger partial charge in [0.2, 0.25) is 0 Å². The summed E-state index contributed by atoms with van der Waals surface area (Å²) in [6.45, 7) is 0.341. The number of carbonyl (C=O) groups excluding carboxylic acids is 1. The third-order valence-electron chi connectivity index (χ3n) is 6.28. The molecule has 184 valence electrons. The van der Waals surface area contributed by atoms with E-state index in [4.69, 9.17) is 0 Å². The molecule has 4 aromatic rings. The van der Waals surface area contributed by atoms with Crippen molar-refractivity contribution >= 4 is 32.5 Å². The summed E-state index contributed by atoms with van der Waals surface area (Å²) >= 11 is 0. The molecule has 0 radical (unpaired) electrons. The molecule has 3 aromatic carbocycles. The van der Waals surface area contributed by atoms with Gasteiger partial charge in [-0.05, 0) is 60.9 Å². The number of H-pyrrole nitrogens is 1. The number of nitrogens with zero attached hydrogens (tertiary/aromatic N) is 3. The first kappa shape index (κ1) is 23.6. The van der Waals surface area contributed by atoms with Gasteiger partial charge in [-0.15, -0.1) is 0 Å². The van der Waals surface area contributed by atoms with E-state index in [1.807, 2.05) is 12.1 Å². The van der Waals surface area contributed by atoms with Crippen LogP contribution in [0, 0.1) is 0 Å². The lowest BCUT2D eigenvalue weighted by Gasteiger charge is -2.30. The normalized spacial score (nSPS) is 13.4. The van der Waals surface area contributed by atoms with Crippen molar-refractivity contribution in [1.82, 2.24) is 14.5 Å². The van der Waals surface area contributed by atoms with Crippen molar-refractivity contribution in [3.63, 3.8) is 0 Å². The SMILES string of the molecule is CN(C)C(=O)c1ccc2c(=O)n(-c3cccc(S(=O)(=O)N4CCCc5ccccc54)c3)c(=O)[nH]c2c1. The molecular weight excluding hydrogens is 480 g/mol. The summed E-state index contributed by atoms with van der Waals surface area (Å²) in [7, 11) is -0.718. The lowest BCUT2D eigenvalue weighted by atomic mass is 10.0. The maximum atomic E-state index is 13.6. The zero-order chi connectivity index (χ0) is 25.6. The smallest absolute Gasteiger partial charge is 0.333 e. The monoisotopic (exact) mass is 504 g/mol. The molecule has 0 aliphatic carbocycles. The average Bonchev–Trinajstić information content (AvgIpc) is 2.87. The van der Waals surface area contributed by atoms with Crippen LogP contribution >= 0.6 is 0 Å². The van der Waals surface area contributed by atoms with E-state index in [0.717, 1.165) is 16.6 Å². The van der Waals surface area contributed by atoms with E-state index in [9.17, 15) is 22.8 Å². The second-order valence-electron chi connectivity index (χ2n) is 8.84. The molecule has 5 rings (SSSR count). The number of amides is 1. The Morgan fingerprint density at radius 2 is 1.75 bits per heavy atom. The molecule has 1 aliphatic rings. The van der Waals surface area contributed by atoms with Gasteiger partial charge in [0.25, 0.3) is 21.5 Å². The molecule has 0 saturated heterocycles. The second-order valence-corrected chi connectivity index (χ2v) is 10.7. The zero-order valence-electron chi connectivity index (χ0n) is 19.8. The topological polar surface area (TPSA) is 113 Å². The highest BCUT2D eigenvalue weighted by atomic mass is 32.2. The molecule has 0 unspecified atom stereocenters. The Kier molecular flexibility index (Phi) is 5.76. The second kappa shape index (κ2) is 8.80. The highest BCUT2D eigenvalue weighted by Crippen LogP contribution is 2.32. The summed E-state index contributed by atoms with van der Waals surface area (Å²) < 4.78 is 29.5. The number of hydrogen-bond donors (Lipinski definition) is 1. The highest BCUT2D eigenvalue weighted by molar-refractivity contribution is 7.92. The van der Waals surface area contributed by atoms with E-state index in [2.05, 4.69) is 4.98 Å². The molecule has 0 saturated carbocycles. The molecule has 1 aliphatic heterocycles. The maximum absolute atomic E-state index is 13.6. The number of benzene rings is 3. The van der Waals surface area contributed by atoms with Gasteiger partial charge in [0.05, 0.1) is 27.2 Å². The maximum Gasteiger partial charge on any atom is 0.333 e. The Bertz CT molecular complexity index is 1740. The van der Waals surface area contributed by atoms with E-state index < -0.39 is 21.3 Å². The molecule has 0 atom stereocenters. The summed E-state index contributed by atoms with van der Waals surface area (Å²) in [6.07, 6.45) is 1.49. The van der Waals surface area contributed by atoms with Crippen molar-refractivity contribution in [2.24, 2.45) is 0 Å². The van der Waals surface area contributed by atoms with Gasteiger partial charge in [-0.25, -0.2) is 17.8 Å². The van der Waals surface area contributed by atoms with E-state index in [1.165, 1.54) is 51.7 Å². The third kappa shape index (κ3) is 3.89. The molecule has 2 heterocycles. The molecule has 0 fully saturated rings. The molecule has 9 nitrogen and oxygen atoms in total. The van der Waals surface area contributed by atoms with E-state index in [1.54, 1.807) is 26.2 Å². The van der Waals surface area contributed by atoms with Gasteiger partial charge in [0, 0.05) is 26.2 Å². The van der Waals surface area contributed by atoms with Crippen LogP contribution in [0.5, 0.6) is 0 Å². The molecule has 36 heavy (non-hydrogen) atoms. The quantitative estimate of drug-likeness (QED) is 0.459. The minimum atomic E-state index is -3.93. The van der Waals surface area contributed by atoms with Crippen molar-refractivity contribution < 1.29 is 13.2 Å². The van der Waals surface area contributed by atoms with Crippen molar-refractivity contribution in [2.45, 2.75) is 17.7 Å². The van der Waals surface area contributed by atoms with E-state index in [-0.39, 0.29) is 27.4 Å². The highest BCUT2D eigenvalue weighted by Gasteiger charge is 2.29. The Hall–Kier alpha value is -4.18. The minimum absolute atomic E-state index is 0.0185. The average molecular weight is 505 g/mol. The lowest BCUT2D eigenvalue weighted by molar-refractivity contribution is 0.0827. The Balaban J connectivity index is 1.60. The van der Waals surface area contributed by atoms with Crippen LogP contribution < -0.4 is 15.6 Å². The standard InChI is InChI=1S/C26H24N4O5S/c1-28(2)24(31)18-12-13-21-22(15-18)27-26(33)30(25(21)32)19-9-5-10-20(16-19)36(34,35)29-14-6-8-17-7-3-4-11-23(17)29/h3-5,7,9-13,15-16H,6,8,14H2,1-2H3,(H,27,33). The molecule has 1 N–H and O–H groups in total. The third-order valence-corrected chi connectivity index (χ3v) is 8.09. The summed E-state index contributed by atoms with van der Waals surface area (Å²) in [4.78, 5) is 42.5. The fourth-order valence-electron chi connectivity index (χ4n) is 4.50. The molecule has 0 spiro atoms. The predicted octanol–water partition coefficient (Wildman–Crippen LogP) is 2.52. The van der Waals surface area contributed by atoms with Crippen LogP contribution in [-0.2, 0) is 16.4 Å². The van der Waals surface area contributed by atoms with E-state index >= 15 is 0 Å². The van der Waals surface area contributed by atoms with E-state index in [0.29, 0.717) is 24.2 Å². The number of hydrogen-bond acceptors (Lipinski definition) is 5. The Morgan fingerprint density at radius 1 is 0.972 bits per heavy atom. The van der Waals surface area contributed by atoms with Gasteiger partial charge in [-0.1, -0.05) is 24.3 Å². The molecule has 1 aromatic heterocycles. The number of aromatic nitrogens is 2. The first-order valence-electron chi connectivity index (χ1n) is 11.4. The van der Waals surface area contributed by atoms with Crippen molar-refractivity contribution in [3.8, 4) is 5.69 Å². The molecule has 0 bridgehead atoms. The summed E-state index contributed by atoms with van der Waals surface area (Å²) in [5.41, 5.74) is 0.923. The number of anilines is 1. The summed E-state index contributed by atoms with van der Waals surface area (Å²) in [6, 6.07) is 17.6. The fraction of sp³-hybridized carbons (Fsp3) is 0.192. The first-order valence-corrected chi connectivity index (χ1v) is 12.8. The number of aryl methyl sites for hydroxylation is 1. The lowest BCUT2D eigenvalue weighted by Crippen LogP contribution is -2.36. The minimum Gasteiger partial charge on any atom is -0.345 e. The Morgan fingerprint density at radius 3 is 2.53 bits per heavy atom. The van der Waals surface area contributed by atoms with Crippen LogP contribution in [0.3, 0.4) is 0 Å². The number of sulfonamides is 1. The van der Waals surface area contributed by atoms with Crippen molar-refractivity contribution in [2.75, 3.05) is 24.9 Å². The van der Waals surface area contributed by atoms with Crippen LogP contribution in [0.1, 0.15) is 22.3 Å². The number of fused-ring (bicyclic) bond motifs is 2. The van der Waals surface area contributed by atoms with Gasteiger partial charge in [-0.2, -0.15) is 0 Å². The number of para-hydroxylation sites is 1. The van der Waals surface area contributed by atoms with Crippen LogP contribution in [0.15, 0.2) is 81.2 Å². The number of aromatic amines is 1. The Labute approximate surface area is 207 Å². The summed E-state index contributed by atoms with van der Waals surface area (Å²) in [5, 5.41) is 0.197. The fourth-order valence-corrected chi connectivity index (χ4v) is 6.08. The first-order chi connectivity index (χ1) is 17.2. The molecular formula is C26H24N4O5S. The van der Waals surface area contributed by atoms with Crippen LogP contribution in [0.25, 0.3) is 16.6 Å². The summed E-state index contributed by atoms with van der Waals surface area (Å²) in [5.74, 6) is -0.265. The van der Waals surface area contributed by atoms with Crippen molar-refractivity contribution in [3.05, 3.63) is 98.7 Å². The zero-order valence-corrected chi connectivity index (χ0v) is 20.6. The van der Waals surface area contributed by atoms with Crippen LogP contribution in [-0.4, -0.2) is 49.4 Å². The number of carbonyl (C=O) groups is 1. The largest absolute Gasteiger partial charge is 0.345 e. The van der Waals surface area contributed by atoms with Crippen molar-refractivity contribution in [1.29, 1.82) is 0 Å². The molecule has 1 amide bonds. The number of rotatable bonds is 4. The van der Waals surface area contributed by atoms with Crippen LogP contribution in [0.4, 0.5) is 5.69 Å².